The number of aromatic nitrogens is 2. The van der Waals surface area contributed by atoms with Crippen LogP contribution in [0.1, 0.15) is 16.8 Å². The highest BCUT2D eigenvalue weighted by Crippen LogP contribution is 2.16. The molecule has 0 aliphatic carbocycles. The molecular formula is C17H15N3O4. The number of anilines is 1. The number of imidazole rings is 1. The van der Waals surface area contributed by atoms with Gasteiger partial charge in [0.2, 0.25) is 5.91 Å². The van der Waals surface area contributed by atoms with E-state index in [-0.39, 0.29) is 17.9 Å². The summed E-state index contributed by atoms with van der Waals surface area (Å²) in [6, 6.07) is 11.5. The maximum Gasteiger partial charge on any atom is 0.323 e. The molecule has 0 fully saturated rings. The molecule has 122 valence electrons. The molecule has 0 saturated carbocycles. The number of fused-ring (bicyclic) bond motifs is 1. The minimum atomic E-state index is -0.423. The third kappa shape index (κ3) is 3.35. The number of carbonyl (C=O) groups excluding carboxylic acids is 2. The monoisotopic (exact) mass is 325 g/mol. The molecule has 0 bridgehead atoms. The maximum atomic E-state index is 12.1. The standard InChI is InChI=1S/C17H15N3O4/c1-24-12-5-2-10(3-6-12)15(21)9-16(22)18-11-4-7-13-14(8-11)20-17(23)19-13/h2-8H,9H2,1H3,(H,18,22)(H2,19,20,23). The van der Waals surface area contributed by atoms with Gasteiger partial charge < -0.3 is 20.0 Å². The number of aromatic amines is 2. The van der Waals surface area contributed by atoms with Gasteiger partial charge in [0.15, 0.2) is 5.78 Å². The summed E-state index contributed by atoms with van der Waals surface area (Å²) in [5.41, 5.74) is 1.86. The second-order valence-electron chi connectivity index (χ2n) is 5.22. The first-order valence-corrected chi connectivity index (χ1v) is 7.24. The van der Waals surface area contributed by atoms with E-state index in [1.807, 2.05) is 0 Å². The first-order chi connectivity index (χ1) is 11.5. The van der Waals surface area contributed by atoms with Crippen molar-refractivity contribution in [1.29, 1.82) is 0 Å². The first-order valence-electron chi connectivity index (χ1n) is 7.24. The molecular weight excluding hydrogens is 310 g/mol. The zero-order valence-corrected chi connectivity index (χ0v) is 12.9. The fraction of sp³-hybridized carbons (Fsp3) is 0.118. The minimum absolute atomic E-state index is 0.270. The molecule has 3 rings (SSSR count). The van der Waals surface area contributed by atoms with Crippen molar-refractivity contribution in [3.63, 3.8) is 0 Å². The Labute approximate surface area is 136 Å². The van der Waals surface area contributed by atoms with E-state index in [0.29, 0.717) is 28.0 Å². The van der Waals surface area contributed by atoms with Gasteiger partial charge in [0.1, 0.15) is 5.75 Å². The van der Waals surface area contributed by atoms with Gasteiger partial charge in [-0.15, -0.1) is 0 Å². The summed E-state index contributed by atoms with van der Waals surface area (Å²) in [4.78, 5) is 40.6. The lowest BCUT2D eigenvalue weighted by molar-refractivity contribution is -0.115. The maximum absolute atomic E-state index is 12.1. The van der Waals surface area contributed by atoms with E-state index in [4.69, 9.17) is 4.74 Å². The number of hydrogen-bond donors (Lipinski definition) is 3. The van der Waals surface area contributed by atoms with E-state index in [1.165, 1.54) is 0 Å². The van der Waals surface area contributed by atoms with Crippen LogP contribution >= 0.6 is 0 Å². The molecule has 0 unspecified atom stereocenters. The fourth-order valence-corrected chi connectivity index (χ4v) is 2.34. The molecule has 1 heterocycles. The Morgan fingerprint density at radius 3 is 2.46 bits per heavy atom. The summed E-state index contributed by atoms with van der Waals surface area (Å²) < 4.78 is 5.03. The second kappa shape index (κ2) is 6.41. The van der Waals surface area contributed by atoms with Crippen molar-refractivity contribution >= 4 is 28.4 Å². The van der Waals surface area contributed by atoms with Gasteiger partial charge in [-0.25, -0.2) is 4.79 Å². The molecule has 1 aromatic heterocycles. The van der Waals surface area contributed by atoms with Crippen molar-refractivity contribution in [1.82, 2.24) is 9.97 Å². The fourth-order valence-electron chi connectivity index (χ4n) is 2.34. The number of nitrogens with one attached hydrogen (secondary N) is 3. The van der Waals surface area contributed by atoms with Crippen LogP contribution in [0.15, 0.2) is 47.3 Å². The number of Topliss-reactive ketones (excluding diaryl/α,β-unsaturated/α-hetero) is 1. The Morgan fingerprint density at radius 1 is 1.04 bits per heavy atom. The highest BCUT2D eigenvalue weighted by Gasteiger charge is 2.12. The SMILES string of the molecule is COc1ccc(C(=O)CC(=O)Nc2ccc3[nH]c(=O)[nH]c3c2)cc1. The molecule has 7 heteroatoms. The highest BCUT2D eigenvalue weighted by molar-refractivity contribution is 6.11. The molecule has 0 spiro atoms. The Balaban J connectivity index is 1.67. The number of hydrogen-bond acceptors (Lipinski definition) is 4. The van der Waals surface area contributed by atoms with Gasteiger partial charge in [0, 0.05) is 11.3 Å². The van der Waals surface area contributed by atoms with Gasteiger partial charge in [-0.3, -0.25) is 9.59 Å². The van der Waals surface area contributed by atoms with Gasteiger partial charge >= 0.3 is 5.69 Å². The summed E-state index contributed by atoms with van der Waals surface area (Å²) in [5.74, 6) is -0.0656. The smallest absolute Gasteiger partial charge is 0.323 e. The molecule has 0 aliphatic rings. The largest absolute Gasteiger partial charge is 0.497 e. The lowest BCUT2D eigenvalue weighted by Gasteiger charge is -2.06. The second-order valence-corrected chi connectivity index (χ2v) is 5.22. The molecule has 0 radical (unpaired) electrons. The zero-order chi connectivity index (χ0) is 17.1. The Morgan fingerprint density at radius 2 is 1.75 bits per heavy atom. The number of rotatable bonds is 5. The summed E-state index contributed by atoms with van der Waals surface area (Å²) in [7, 11) is 1.54. The van der Waals surface area contributed by atoms with Crippen molar-refractivity contribution in [2.45, 2.75) is 6.42 Å². The predicted octanol–water partition coefficient (Wildman–Crippen LogP) is 2.08. The van der Waals surface area contributed by atoms with E-state index >= 15 is 0 Å². The third-order valence-corrected chi connectivity index (χ3v) is 3.53. The Bertz CT molecular complexity index is 954. The van der Waals surface area contributed by atoms with Crippen molar-refractivity contribution in [3.8, 4) is 5.75 Å². The third-order valence-electron chi connectivity index (χ3n) is 3.53. The average molecular weight is 325 g/mol. The number of H-pyrrole nitrogens is 2. The average Bonchev–Trinajstić information content (AvgIpc) is 2.94. The van der Waals surface area contributed by atoms with Crippen LogP contribution in [-0.2, 0) is 4.79 Å². The Kier molecular flexibility index (Phi) is 4.15. The van der Waals surface area contributed by atoms with Crippen LogP contribution in [0.3, 0.4) is 0 Å². The van der Waals surface area contributed by atoms with Gasteiger partial charge in [-0.2, -0.15) is 0 Å². The number of methoxy groups -OCH3 is 1. The predicted molar refractivity (Wildman–Crippen MR) is 89.5 cm³/mol. The topological polar surface area (TPSA) is 104 Å². The van der Waals surface area contributed by atoms with Crippen LogP contribution in [0.2, 0.25) is 0 Å². The number of benzene rings is 2. The molecule has 7 nitrogen and oxygen atoms in total. The van der Waals surface area contributed by atoms with Gasteiger partial charge in [-0.1, -0.05) is 0 Å². The summed E-state index contributed by atoms with van der Waals surface area (Å²) >= 11 is 0. The Hall–Kier alpha value is -3.35. The molecule has 24 heavy (non-hydrogen) atoms. The van der Waals surface area contributed by atoms with Crippen LogP contribution in [0.4, 0.5) is 5.69 Å². The van der Waals surface area contributed by atoms with Crippen molar-refractivity contribution in [2.24, 2.45) is 0 Å². The van der Waals surface area contributed by atoms with Crippen molar-refractivity contribution < 1.29 is 14.3 Å². The van der Waals surface area contributed by atoms with Gasteiger partial charge in [0.25, 0.3) is 0 Å². The summed E-state index contributed by atoms with van der Waals surface area (Å²) in [5, 5.41) is 2.65. The van der Waals surface area contributed by atoms with E-state index in [9.17, 15) is 14.4 Å². The molecule has 0 aliphatic heterocycles. The lowest BCUT2D eigenvalue weighted by Crippen LogP contribution is -2.16. The number of ketones is 1. The number of amides is 1. The van der Waals surface area contributed by atoms with Crippen molar-refractivity contribution in [2.75, 3.05) is 12.4 Å². The lowest BCUT2D eigenvalue weighted by atomic mass is 10.1. The molecule has 0 atom stereocenters. The van der Waals surface area contributed by atoms with E-state index in [2.05, 4.69) is 15.3 Å². The van der Waals surface area contributed by atoms with Crippen molar-refractivity contribution in [3.05, 3.63) is 58.5 Å². The molecule has 0 saturated heterocycles. The molecule has 3 N–H and O–H groups in total. The normalized spacial score (nSPS) is 10.5. The molecule has 1 amide bonds. The van der Waals surface area contributed by atoms with Crippen LogP contribution in [-0.4, -0.2) is 28.8 Å². The van der Waals surface area contributed by atoms with Crippen LogP contribution in [0.5, 0.6) is 5.75 Å². The van der Waals surface area contributed by atoms with E-state index < -0.39 is 5.91 Å². The molecule has 2 aromatic carbocycles. The van der Waals surface area contributed by atoms with Crippen LogP contribution < -0.4 is 15.7 Å². The number of carbonyl (C=O) groups is 2. The summed E-state index contributed by atoms with van der Waals surface area (Å²) in [6.45, 7) is 0. The first kappa shape index (κ1) is 15.5. The zero-order valence-electron chi connectivity index (χ0n) is 12.9. The quantitative estimate of drug-likeness (QED) is 0.493. The number of ether oxygens (including phenoxy) is 1. The van der Waals surface area contributed by atoms with Crippen LogP contribution in [0.25, 0.3) is 11.0 Å². The molecule has 3 aromatic rings. The van der Waals surface area contributed by atoms with Gasteiger partial charge in [0.05, 0.1) is 24.6 Å². The van der Waals surface area contributed by atoms with Crippen LogP contribution in [0, 0.1) is 0 Å². The minimum Gasteiger partial charge on any atom is -0.497 e. The van der Waals surface area contributed by atoms with E-state index in [1.54, 1.807) is 49.6 Å². The van der Waals surface area contributed by atoms with Gasteiger partial charge in [-0.05, 0) is 42.5 Å². The summed E-state index contributed by atoms with van der Waals surface area (Å²) in [6.07, 6.45) is -0.270. The highest BCUT2D eigenvalue weighted by atomic mass is 16.5. The van der Waals surface area contributed by atoms with E-state index in [0.717, 1.165) is 0 Å².